The maximum atomic E-state index is 11.2. The minimum absolute atomic E-state index is 0.0879. The smallest absolute Gasteiger partial charge is 0.221 e. The minimum Gasteiger partial charge on any atom is -0.369 e. The van der Waals surface area contributed by atoms with Crippen molar-refractivity contribution in [3.05, 3.63) is 0 Å². The van der Waals surface area contributed by atoms with Crippen LogP contribution >= 0.6 is 0 Å². The first-order valence-corrected chi connectivity index (χ1v) is 6.51. The van der Waals surface area contributed by atoms with Crippen LogP contribution in [0.15, 0.2) is 0 Å². The number of likely N-dealkylation sites (tertiary alicyclic amines) is 1. The zero-order valence-electron chi connectivity index (χ0n) is 9.95. The average Bonchev–Trinajstić information content (AvgIpc) is 2.57. The van der Waals surface area contributed by atoms with Crippen molar-refractivity contribution in [2.45, 2.75) is 38.1 Å². The molecule has 0 aromatic carbocycles. The van der Waals surface area contributed by atoms with Gasteiger partial charge in [0.15, 0.2) is 0 Å². The molecule has 2 aliphatic rings. The highest BCUT2D eigenvalue weighted by molar-refractivity contribution is 5.76. The molecule has 0 radical (unpaired) electrons. The molecule has 2 aliphatic heterocycles. The van der Waals surface area contributed by atoms with Crippen molar-refractivity contribution in [1.29, 1.82) is 0 Å². The van der Waals surface area contributed by atoms with Gasteiger partial charge in [-0.05, 0) is 51.7 Å². The lowest BCUT2D eigenvalue weighted by Gasteiger charge is -2.37. The van der Waals surface area contributed by atoms with Crippen LogP contribution in [0, 0.1) is 5.92 Å². The van der Waals surface area contributed by atoms with Crippen LogP contribution in [0.1, 0.15) is 32.1 Å². The van der Waals surface area contributed by atoms with Crippen LogP contribution in [0.25, 0.3) is 0 Å². The van der Waals surface area contributed by atoms with E-state index in [1.807, 2.05) is 0 Å². The number of nitrogens with zero attached hydrogens (tertiary/aromatic N) is 1. The monoisotopic (exact) mass is 225 g/mol. The van der Waals surface area contributed by atoms with Gasteiger partial charge < -0.3 is 11.1 Å². The van der Waals surface area contributed by atoms with Crippen LogP contribution < -0.4 is 11.1 Å². The Morgan fingerprint density at radius 3 is 2.88 bits per heavy atom. The number of hydrogen-bond acceptors (Lipinski definition) is 3. The average molecular weight is 225 g/mol. The van der Waals surface area contributed by atoms with Gasteiger partial charge in [-0.1, -0.05) is 0 Å². The number of nitrogens with two attached hydrogens (primary N) is 1. The highest BCUT2D eigenvalue weighted by Crippen LogP contribution is 2.22. The third kappa shape index (κ3) is 2.95. The van der Waals surface area contributed by atoms with E-state index in [-0.39, 0.29) is 11.8 Å². The molecule has 2 heterocycles. The van der Waals surface area contributed by atoms with E-state index < -0.39 is 0 Å². The summed E-state index contributed by atoms with van der Waals surface area (Å²) in [6, 6.07) is 0.664. The molecular formula is C12H23N3O. The summed E-state index contributed by atoms with van der Waals surface area (Å²) in [6.45, 7) is 4.29. The first-order chi connectivity index (χ1) is 7.77. The minimum atomic E-state index is -0.114. The van der Waals surface area contributed by atoms with Crippen LogP contribution in [0.4, 0.5) is 0 Å². The van der Waals surface area contributed by atoms with E-state index in [1.54, 1.807) is 0 Å². The lowest BCUT2D eigenvalue weighted by Crippen LogP contribution is -2.46. The molecule has 0 aromatic rings. The second-order valence-electron chi connectivity index (χ2n) is 5.07. The van der Waals surface area contributed by atoms with Gasteiger partial charge in [0.2, 0.25) is 5.91 Å². The summed E-state index contributed by atoms with van der Waals surface area (Å²) >= 11 is 0. The molecule has 0 bridgehead atoms. The molecule has 3 N–H and O–H groups in total. The zero-order valence-corrected chi connectivity index (χ0v) is 9.95. The molecule has 16 heavy (non-hydrogen) atoms. The molecule has 2 fully saturated rings. The Labute approximate surface area is 97.6 Å². The normalized spacial score (nSPS) is 33.2. The molecule has 1 amide bonds. The van der Waals surface area contributed by atoms with Crippen LogP contribution in [0.2, 0.25) is 0 Å². The Morgan fingerprint density at radius 1 is 1.19 bits per heavy atom. The quantitative estimate of drug-likeness (QED) is 0.712. The van der Waals surface area contributed by atoms with Crippen molar-refractivity contribution in [2.24, 2.45) is 11.7 Å². The Kier molecular flexibility index (Phi) is 4.18. The largest absolute Gasteiger partial charge is 0.369 e. The number of rotatable bonds is 2. The lowest BCUT2D eigenvalue weighted by atomic mass is 9.94. The van der Waals surface area contributed by atoms with E-state index in [0.29, 0.717) is 6.04 Å². The van der Waals surface area contributed by atoms with Crippen LogP contribution in [0.3, 0.4) is 0 Å². The Bertz CT molecular complexity index is 236. The zero-order chi connectivity index (χ0) is 11.4. The van der Waals surface area contributed by atoms with Gasteiger partial charge in [0.05, 0.1) is 5.92 Å². The van der Waals surface area contributed by atoms with Crippen LogP contribution in [-0.2, 0) is 4.79 Å². The Hall–Kier alpha value is -0.610. The summed E-state index contributed by atoms with van der Waals surface area (Å²) in [7, 11) is 0. The van der Waals surface area contributed by atoms with Gasteiger partial charge in [0, 0.05) is 12.6 Å². The molecule has 2 saturated heterocycles. The number of carbonyl (C=O) groups excluding carboxylic acids is 1. The van der Waals surface area contributed by atoms with Crippen LogP contribution in [-0.4, -0.2) is 43.0 Å². The molecule has 4 heteroatoms. The highest BCUT2D eigenvalue weighted by atomic mass is 16.1. The predicted octanol–water partition coefficient (Wildman–Crippen LogP) is 0.326. The number of amides is 1. The van der Waals surface area contributed by atoms with E-state index in [2.05, 4.69) is 10.2 Å². The summed E-state index contributed by atoms with van der Waals surface area (Å²) in [5.41, 5.74) is 5.41. The summed E-state index contributed by atoms with van der Waals surface area (Å²) in [6.07, 6.45) is 5.83. The number of piperidine rings is 1. The topological polar surface area (TPSA) is 58.4 Å². The van der Waals surface area contributed by atoms with E-state index in [4.69, 9.17) is 5.73 Å². The fraction of sp³-hybridized carbons (Fsp3) is 0.917. The van der Waals surface area contributed by atoms with Crippen molar-refractivity contribution < 1.29 is 4.79 Å². The fourth-order valence-electron chi connectivity index (χ4n) is 2.94. The van der Waals surface area contributed by atoms with Gasteiger partial charge in [-0.15, -0.1) is 0 Å². The molecule has 0 aromatic heterocycles. The molecule has 92 valence electrons. The van der Waals surface area contributed by atoms with Crippen molar-refractivity contribution in [2.75, 3.05) is 26.2 Å². The Balaban J connectivity index is 1.89. The molecule has 0 saturated carbocycles. The van der Waals surface area contributed by atoms with Gasteiger partial charge >= 0.3 is 0 Å². The van der Waals surface area contributed by atoms with Gasteiger partial charge in [-0.3, -0.25) is 9.69 Å². The van der Waals surface area contributed by atoms with Gasteiger partial charge in [-0.25, -0.2) is 0 Å². The van der Waals surface area contributed by atoms with Crippen molar-refractivity contribution >= 4 is 5.91 Å². The SMILES string of the molecule is NC(=O)C1CCCN(C2CCCNCC2)C1. The van der Waals surface area contributed by atoms with Gasteiger partial charge in [-0.2, -0.15) is 0 Å². The molecule has 2 atom stereocenters. The van der Waals surface area contributed by atoms with Crippen molar-refractivity contribution in [3.63, 3.8) is 0 Å². The summed E-state index contributed by atoms with van der Waals surface area (Å²) < 4.78 is 0. The summed E-state index contributed by atoms with van der Waals surface area (Å²) in [5, 5.41) is 3.43. The first-order valence-electron chi connectivity index (χ1n) is 6.51. The molecular weight excluding hydrogens is 202 g/mol. The summed E-state index contributed by atoms with van der Waals surface area (Å²) in [5.74, 6) is -0.0265. The maximum absolute atomic E-state index is 11.2. The highest BCUT2D eigenvalue weighted by Gasteiger charge is 2.28. The van der Waals surface area contributed by atoms with Crippen molar-refractivity contribution in [3.8, 4) is 0 Å². The van der Waals surface area contributed by atoms with E-state index in [9.17, 15) is 4.79 Å². The number of hydrogen-bond donors (Lipinski definition) is 2. The fourth-order valence-corrected chi connectivity index (χ4v) is 2.94. The van der Waals surface area contributed by atoms with Crippen molar-refractivity contribution in [1.82, 2.24) is 10.2 Å². The van der Waals surface area contributed by atoms with E-state index >= 15 is 0 Å². The predicted molar refractivity (Wildman–Crippen MR) is 64.0 cm³/mol. The van der Waals surface area contributed by atoms with Gasteiger partial charge in [0.1, 0.15) is 0 Å². The first kappa shape index (κ1) is 11.9. The van der Waals surface area contributed by atoms with E-state index in [1.165, 1.54) is 19.3 Å². The third-order valence-electron chi connectivity index (χ3n) is 3.92. The Morgan fingerprint density at radius 2 is 2.06 bits per heavy atom. The maximum Gasteiger partial charge on any atom is 0.221 e. The lowest BCUT2D eigenvalue weighted by molar-refractivity contribution is -0.123. The second kappa shape index (κ2) is 5.64. The number of nitrogens with one attached hydrogen (secondary N) is 1. The molecule has 2 unspecified atom stereocenters. The molecule has 0 aliphatic carbocycles. The standard InChI is InChI=1S/C12H23N3O/c13-12(16)10-3-2-8-15(9-10)11-4-1-6-14-7-5-11/h10-11,14H,1-9H2,(H2,13,16). The number of primary amides is 1. The third-order valence-corrected chi connectivity index (χ3v) is 3.92. The molecule has 2 rings (SSSR count). The number of carbonyl (C=O) groups is 1. The molecule has 4 nitrogen and oxygen atoms in total. The van der Waals surface area contributed by atoms with Crippen LogP contribution in [0.5, 0.6) is 0 Å². The second-order valence-corrected chi connectivity index (χ2v) is 5.07. The van der Waals surface area contributed by atoms with Gasteiger partial charge in [0.25, 0.3) is 0 Å². The molecule has 0 spiro atoms. The van der Waals surface area contributed by atoms with E-state index in [0.717, 1.165) is 39.0 Å². The summed E-state index contributed by atoms with van der Waals surface area (Å²) in [4.78, 5) is 13.7.